The third-order valence-electron chi connectivity index (χ3n) is 5.19. The second kappa shape index (κ2) is 7.79. The van der Waals surface area contributed by atoms with Crippen molar-refractivity contribution < 1.29 is 9.31 Å². The van der Waals surface area contributed by atoms with Crippen LogP contribution in [-0.4, -0.2) is 4.92 Å². The van der Waals surface area contributed by atoms with Crippen molar-refractivity contribution in [2.75, 3.05) is 5.73 Å². The van der Waals surface area contributed by atoms with Gasteiger partial charge in [0.15, 0.2) is 0 Å². The fourth-order valence-corrected chi connectivity index (χ4v) is 3.80. The van der Waals surface area contributed by atoms with Crippen LogP contribution < -0.4 is 5.73 Å². The zero-order valence-electron chi connectivity index (χ0n) is 16.3. The van der Waals surface area contributed by atoms with E-state index >= 15 is 4.39 Å². The quantitative estimate of drug-likeness (QED) is 0.238. The van der Waals surface area contributed by atoms with Crippen LogP contribution in [0.1, 0.15) is 5.56 Å². The standard InChI is InChI=1S/C25H19FN2O2/c1-16-8-6-12-19(24(16)21-11-4-5-14-22(21)27)17-9-2-3-10-18(17)20-13-7-15-23(25(20)26)28(29)30/h2-15H,27H2,1H3. The summed E-state index contributed by atoms with van der Waals surface area (Å²) in [4.78, 5) is 10.5. The number of halogens is 1. The number of nitro benzene ring substituents is 1. The van der Waals surface area contributed by atoms with E-state index in [1.165, 1.54) is 12.1 Å². The van der Waals surface area contributed by atoms with Gasteiger partial charge in [-0.3, -0.25) is 10.1 Å². The van der Waals surface area contributed by atoms with E-state index in [1.54, 1.807) is 18.2 Å². The van der Waals surface area contributed by atoms with Crippen LogP contribution in [0.4, 0.5) is 15.8 Å². The van der Waals surface area contributed by atoms with Crippen molar-refractivity contribution in [1.29, 1.82) is 0 Å². The zero-order valence-corrected chi connectivity index (χ0v) is 16.3. The molecule has 0 fully saturated rings. The van der Waals surface area contributed by atoms with E-state index in [0.29, 0.717) is 11.3 Å². The molecule has 2 N–H and O–H groups in total. The molecule has 0 saturated heterocycles. The van der Waals surface area contributed by atoms with Gasteiger partial charge in [-0.25, -0.2) is 0 Å². The molecule has 30 heavy (non-hydrogen) atoms. The number of nitrogens with zero attached hydrogens (tertiary/aromatic N) is 1. The predicted octanol–water partition coefficient (Wildman–Crippen LogP) is 6.63. The summed E-state index contributed by atoms with van der Waals surface area (Å²) >= 11 is 0. The summed E-state index contributed by atoms with van der Waals surface area (Å²) in [6.07, 6.45) is 0. The van der Waals surface area contributed by atoms with E-state index < -0.39 is 16.4 Å². The second-order valence-electron chi connectivity index (χ2n) is 7.03. The fraction of sp³-hybridized carbons (Fsp3) is 0.0400. The zero-order chi connectivity index (χ0) is 21.3. The fourth-order valence-electron chi connectivity index (χ4n) is 3.80. The predicted molar refractivity (Wildman–Crippen MR) is 119 cm³/mol. The molecular formula is C25H19FN2O2. The molecule has 4 nitrogen and oxygen atoms in total. The number of rotatable bonds is 4. The minimum Gasteiger partial charge on any atom is -0.398 e. The third kappa shape index (κ3) is 3.31. The Labute approximate surface area is 173 Å². The van der Waals surface area contributed by atoms with E-state index in [1.807, 2.05) is 61.5 Å². The highest BCUT2D eigenvalue weighted by molar-refractivity contribution is 5.95. The van der Waals surface area contributed by atoms with E-state index in [9.17, 15) is 10.1 Å². The minimum atomic E-state index is -0.844. The van der Waals surface area contributed by atoms with Gasteiger partial charge in [0.1, 0.15) is 0 Å². The van der Waals surface area contributed by atoms with E-state index in [0.717, 1.165) is 27.8 Å². The first-order chi connectivity index (χ1) is 14.5. The van der Waals surface area contributed by atoms with Crippen LogP contribution in [0.3, 0.4) is 0 Å². The first-order valence-corrected chi connectivity index (χ1v) is 9.46. The van der Waals surface area contributed by atoms with Crippen molar-refractivity contribution in [2.45, 2.75) is 6.92 Å². The number of nitrogens with two attached hydrogens (primary N) is 1. The van der Waals surface area contributed by atoms with Crippen LogP contribution in [0.15, 0.2) is 84.9 Å². The largest absolute Gasteiger partial charge is 0.398 e. The summed E-state index contributed by atoms with van der Waals surface area (Å²) in [6, 6.07) is 25.1. The van der Waals surface area contributed by atoms with Gasteiger partial charge in [-0.2, -0.15) is 4.39 Å². The lowest BCUT2D eigenvalue weighted by atomic mass is 9.86. The minimum absolute atomic E-state index is 0.188. The lowest BCUT2D eigenvalue weighted by Crippen LogP contribution is -1.97. The van der Waals surface area contributed by atoms with Crippen molar-refractivity contribution in [1.82, 2.24) is 0 Å². The SMILES string of the molecule is Cc1cccc(-c2ccccc2-c2cccc([N+](=O)[O-])c2F)c1-c1ccccc1N. The van der Waals surface area contributed by atoms with Crippen molar-refractivity contribution >= 4 is 11.4 Å². The Hall–Kier alpha value is -3.99. The Balaban J connectivity index is 2.01. The second-order valence-corrected chi connectivity index (χ2v) is 7.03. The van der Waals surface area contributed by atoms with Gasteiger partial charge in [-0.15, -0.1) is 0 Å². The maximum Gasteiger partial charge on any atom is 0.305 e. The Morgan fingerprint density at radius 3 is 1.93 bits per heavy atom. The lowest BCUT2D eigenvalue weighted by molar-refractivity contribution is -0.387. The van der Waals surface area contributed by atoms with Crippen LogP contribution in [0.25, 0.3) is 33.4 Å². The molecule has 0 radical (unpaired) electrons. The molecule has 0 atom stereocenters. The lowest BCUT2D eigenvalue weighted by Gasteiger charge is -2.18. The average molecular weight is 398 g/mol. The van der Waals surface area contributed by atoms with Crippen molar-refractivity contribution in [3.63, 3.8) is 0 Å². The Morgan fingerprint density at radius 2 is 1.27 bits per heavy atom. The first kappa shape index (κ1) is 19.3. The number of benzene rings is 4. The third-order valence-corrected chi connectivity index (χ3v) is 5.19. The molecule has 0 bridgehead atoms. The number of hydrogen-bond acceptors (Lipinski definition) is 3. The molecule has 0 amide bonds. The summed E-state index contributed by atoms with van der Waals surface area (Å²) in [5, 5.41) is 11.2. The monoisotopic (exact) mass is 398 g/mol. The number of para-hydroxylation sites is 1. The van der Waals surface area contributed by atoms with Crippen LogP contribution in [0.5, 0.6) is 0 Å². The van der Waals surface area contributed by atoms with Crippen LogP contribution in [-0.2, 0) is 0 Å². The number of nitro groups is 1. The summed E-state index contributed by atoms with van der Waals surface area (Å²) in [6.45, 7) is 2.00. The highest BCUT2D eigenvalue weighted by atomic mass is 19.1. The maximum atomic E-state index is 15.0. The van der Waals surface area contributed by atoms with Crippen molar-refractivity contribution in [3.05, 3.63) is 106 Å². The molecule has 0 aliphatic carbocycles. The average Bonchev–Trinajstić information content (AvgIpc) is 2.74. The molecule has 0 spiro atoms. The number of hydrogen-bond donors (Lipinski definition) is 1. The van der Waals surface area contributed by atoms with Gasteiger partial charge < -0.3 is 5.73 Å². The van der Waals surface area contributed by atoms with Crippen LogP contribution >= 0.6 is 0 Å². The topological polar surface area (TPSA) is 69.2 Å². The van der Waals surface area contributed by atoms with Gasteiger partial charge in [-0.05, 0) is 40.8 Å². The Bertz CT molecular complexity index is 1270. The van der Waals surface area contributed by atoms with Crippen LogP contribution in [0, 0.1) is 22.9 Å². The number of anilines is 1. The van der Waals surface area contributed by atoms with E-state index in [4.69, 9.17) is 5.73 Å². The highest BCUT2D eigenvalue weighted by Crippen LogP contribution is 2.42. The summed E-state index contributed by atoms with van der Waals surface area (Å²) in [5.74, 6) is -0.844. The van der Waals surface area contributed by atoms with Gasteiger partial charge >= 0.3 is 5.69 Å². The summed E-state index contributed by atoms with van der Waals surface area (Å²) in [7, 11) is 0. The summed E-state index contributed by atoms with van der Waals surface area (Å²) < 4.78 is 15.0. The molecule has 0 aliphatic rings. The molecular weight excluding hydrogens is 379 g/mol. The molecule has 4 aromatic carbocycles. The van der Waals surface area contributed by atoms with Gasteiger partial charge in [-0.1, -0.05) is 72.8 Å². The first-order valence-electron chi connectivity index (χ1n) is 9.46. The summed E-state index contributed by atoms with van der Waals surface area (Å²) in [5.41, 5.74) is 11.7. The Kier molecular flexibility index (Phi) is 5.02. The van der Waals surface area contributed by atoms with Gasteiger partial charge in [0, 0.05) is 22.9 Å². The van der Waals surface area contributed by atoms with Gasteiger partial charge in [0.05, 0.1) is 4.92 Å². The van der Waals surface area contributed by atoms with E-state index in [2.05, 4.69) is 0 Å². The Morgan fingerprint density at radius 1 is 0.733 bits per heavy atom. The molecule has 0 aliphatic heterocycles. The number of aryl methyl sites for hydroxylation is 1. The molecule has 0 saturated carbocycles. The van der Waals surface area contributed by atoms with Crippen LogP contribution in [0.2, 0.25) is 0 Å². The normalized spacial score (nSPS) is 10.7. The molecule has 5 heteroatoms. The van der Waals surface area contributed by atoms with E-state index in [-0.39, 0.29) is 5.56 Å². The molecule has 148 valence electrons. The molecule has 4 aromatic rings. The van der Waals surface area contributed by atoms with Gasteiger partial charge in [0.25, 0.3) is 0 Å². The van der Waals surface area contributed by atoms with Crippen molar-refractivity contribution in [3.8, 4) is 33.4 Å². The highest BCUT2D eigenvalue weighted by Gasteiger charge is 2.21. The molecule has 0 heterocycles. The smallest absolute Gasteiger partial charge is 0.305 e. The molecule has 0 unspecified atom stereocenters. The molecule has 0 aromatic heterocycles. The van der Waals surface area contributed by atoms with Crippen molar-refractivity contribution in [2.24, 2.45) is 0 Å². The molecule has 4 rings (SSSR count). The number of nitrogen functional groups attached to an aromatic ring is 1. The maximum absolute atomic E-state index is 15.0. The van der Waals surface area contributed by atoms with Gasteiger partial charge in [0.2, 0.25) is 5.82 Å².